The molecule has 0 aromatic heterocycles. The predicted molar refractivity (Wildman–Crippen MR) is 121 cm³/mol. The van der Waals surface area contributed by atoms with Crippen molar-refractivity contribution < 1.29 is 26.3 Å². The first kappa shape index (κ1) is 23.4. The van der Waals surface area contributed by atoms with E-state index in [1.165, 1.54) is 12.1 Å². The number of halogens is 6. The topological polar surface area (TPSA) is 0 Å². The molecule has 0 aliphatic rings. The molecule has 172 valence electrons. The Bertz CT molecular complexity index is 1290. The van der Waals surface area contributed by atoms with Crippen LogP contribution >= 0.6 is 0 Å². The van der Waals surface area contributed by atoms with Crippen molar-refractivity contribution in [2.75, 3.05) is 0 Å². The lowest BCUT2D eigenvalue weighted by Gasteiger charge is -2.08. The first-order chi connectivity index (χ1) is 16.3. The average molecular weight is 468 g/mol. The average Bonchev–Trinajstić information content (AvgIpc) is 2.86. The van der Waals surface area contributed by atoms with Gasteiger partial charge in [0.1, 0.15) is 0 Å². The van der Waals surface area contributed by atoms with Gasteiger partial charge in [-0.1, -0.05) is 72.8 Å². The van der Waals surface area contributed by atoms with Crippen LogP contribution in [0.5, 0.6) is 0 Å². The molecule has 0 saturated carbocycles. The molecular formula is C28H18F6. The summed E-state index contributed by atoms with van der Waals surface area (Å²) in [5, 5.41) is 0. The number of benzene rings is 4. The van der Waals surface area contributed by atoms with Crippen LogP contribution in [0.1, 0.15) is 16.7 Å². The molecule has 6 heteroatoms. The molecule has 0 atom stereocenters. The fourth-order valence-electron chi connectivity index (χ4n) is 3.66. The van der Waals surface area contributed by atoms with E-state index in [2.05, 4.69) is 0 Å². The first-order valence-electron chi connectivity index (χ1n) is 10.5. The summed E-state index contributed by atoms with van der Waals surface area (Å²) in [5.74, 6) is -5.46. The minimum Gasteiger partial charge on any atom is -0.204 e. The normalized spacial score (nSPS) is 10.9. The maximum atomic E-state index is 13.5. The zero-order valence-electron chi connectivity index (χ0n) is 17.8. The maximum absolute atomic E-state index is 13.5. The number of hydrogen-bond acceptors (Lipinski definition) is 0. The van der Waals surface area contributed by atoms with E-state index < -0.39 is 29.4 Å². The summed E-state index contributed by atoms with van der Waals surface area (Å²) < 4.78 is 78.1. The zero-order valence-corrected chi connectivity index (χ0v) is 17.8. The van der Waals surface area contributed by atoms with Gasteiger partial charge in [0, 0.05) is 5.56 Å². The Hall–Kier alpha value is -3.80. The molecule has 0 aliphatic heterocycles. The van der Waals surface area contributed by atoms with E-state index in [0.29, 0.717) is 12.0 Å². The van der Waals surface area contributed by atoms with E-state index in [-0.39, 0.29) is 11.1 Å². The van der Waals surface area contributed by atoms with Gasteiger partial charge in [-0.05, 0) is 58.4 Å². The molecule has 4 rings (SSSR count). The second-order valence-corrected chi connectivity index (χ2v) is 7.80. The fourth-order valence-corrected chi connectivity index (χ4v) is 3.66. The van der Waals surface area contributed by atoms with Crippen LogP contribution in [0.4, 0.5) is 26.3 Å². The lowest BCUT2D eigenvalue weighted by molar-refractivity contribution is 0.410. The molecule has 0 fully saturated rings. The Morgan fingerprint density at radius 3 is 1.32 bits per heavy atom. The van der Waals surface area contributed by atoms with E-state index in [0.717, 1.165) is 40.8 Å². The van der Waals surface area contributed by atoms with Crippen molar-refractivity contribution in [2.45, 2.75) is 12.8 Å². The van der Waals surface area contributed by atoms with Crippen molar-refractivity contribution in [1.29, 1.82) is 0 Å². The molecule has 0 heterocycles. The zero-order chi connectivity index (χ0) is 24.2. The predicted octanol–water partition coefficient (Wildman–Crippen LogP) is 8.76. The fraction of sp³-hybridized carbons (Fsp3) is 0.0714. The Kier molecular flexibility index (Phi) is 6.87. The molecule has 0 radical (unpaired) electrons. The SMILES string of the molecule is FC(F)=C(F)c1ccc(CCc2ccc(-c3ccc(-c4cc(F)c(F)c(F)c4)cc3)cc2)cc1. The summed E-state index contributed by atoms with van der Waals surface area (Å²) in [6, 6.07) is 22.8. The van der Waals surface area contributed by atoms with E-state index in [1.54, 1.807) is 24.3 Å². The lowest BCUT2D eigenvalue weighted by atomic mass is 9.98. The van der Waals surface area contributed by atoms with Gasteiger partial charge in [0.2, 0.25) is 0 Å². The number of rotatable bonds is 6. The molecule has 0 amide bonds. The van der Waals surface area contributed by atoms with Gasteiger partial charge in [0.25, 0.3) is 0 Å². The van der Waals surface area contributed by atoms with Crippen molar-refractivity contribution in [3.05, 3.63) is 125 Å². The molecule has 0 saturated heterocycles. The summed E-state index contributed by atoms with van der Waals surface area (Å²) in [6.45, 7) is 0. The van der Waals surface area contributed by atoms with Crippen molar-refractivity contribution >= 4 is 5.83 Å². The minimum atomic E-state index is -2.33. The van der Waals surface area contributed by atoms with Crippen molar-refractivity contribution in [1.82, 2.24) is 0 Å². The molecule has 34 heavy (non-hydrogen) atoms. The van der Waals surface area contributed by atoms with Crippen LogP contribution in [-0.4, -0.2) is 0 Å². The Labute approximate surface area is 192 Å². The minimum absolute atomic E-state index is 0.145. The van der Waals surface area contributed by atoms with Crippen molar-refractivity contribution in [3.8, 4) is 22.3 Å². The van der Waals surface area contributed by atoms with Gasteiger partial charge in [-0.2, -0.15) is 8.78 Å². The van der Waals surface area contributed by atoms with Crippen LogP contribution < -0.4 is 0 Å². The summed E-state index contributed by atoms with van der Waals surface area (Å²) in [6.07, 6.45) is -0.945. The molecule has 0 spiro atoms. The van der Waals surface area contributed by atoms with E-state index in [4.69, 9.17) is 0 Å². The van der Waals surface area contributed by atoms with Crippen LogP contribution in [0.25, 0.3) is 28.1 Å². The van der Waals surface area contributed by atoms with Crippen LogP contribution in [0.15, 0.2) is 91.0 Å². The standard InChI is InChI=1S/C28H18F6/c29-24-15-23(16-25(30)27(24)32)21-13-11-20(12-14-21)19-7-3-17(4-8-19)1-2-18-5-9-22(10-6-18)26(31)28(33)34/h3-16H,1-2H2. The van der Waals surface area contributed by atoms with Gasteiger partial charge < -0.3 is 0 Å². The molecule has 0 N–H and O–H groups in total. The summed E-state index contributed by atoms with van der Waals surface area (Å²) in [5.41, 5.74) is 4.50. The summed E-state index contributed by atoms with van der Waals surface area (Å²) >= 11 is 0. The molecule has 0 nitrogen and oxygen atoms in total. The third-order valence-corrected chi connectivity index (χ3v) is 5.56. The van der Waals surface area contributed by atoms with Crippen molar-refractivity contribution in [3.63, 3.8) is 0 Å². The van der Waals surface area contributed by atoms with Crippen LogP contribution in [0, 0.1) is 17.5 Å². The third kappa shape index (κ3) is 5.22. The monoisotopic (exact) mass is 468 g/mol. The number of aryl methyl sites for hydroxylation is 2. The molecule has 4 aromatic rings. The van der Waals surface area contributed by atoms with Gasteiger partial charge in [-0.3, -0.25) is 0 Å². The number of hydrogen-bond donors (Lipinski definition) is 0. The molecule has 0 bridgehead atoms. The Balaban J connectivity index is 1.41. The van der Waals surface area contributed by atoms with Gasteiger partial charge in [0.05, 0.1) is 0 Å². The van der Waals surface area contributed by atoms with Crippen LogP contribution in [0.2, 0.25) is 0 Å². The van der Waals surface area contributed by atoms with Gasteiger partial charge in [-0.15, -0.1) is 0 Å². The van der Waals surface area contributed by atoms with E-state index in [1.807, 2.05) is 36.4 Å². The summed E-state index contributed by atoms with van der Waals surface area (Å²) in [7, 11) is 0. The van der Waals surface area contributed by atoms with Gasteiger partial charge in [0.15, 0.2) is 23.3 Å². The van der Waals surface area contributed by atoms with Crippen LogP contribution in [-0.2, 0) is 12.8 Å². The highest BCUT2D eigenvalue weighted by molar-refractivity contribution is 5.70. The highest BCUT2D eigenvalue weighted by atomic mass is 19.3. The summed E-state index contributed by atoms with van der Waals surface area (Å²) in [4.78, 5) is 0. The van der Waals surface area contributed by atoms with E-state index >= 15 is 0 Å². The lowest BCUT2D eigenvalue weighted by Crippen LogP contribution is -1.92. The van der Waals surface area contributed by atoms with Crippen molar-refractivity contribution in [2.24, 2.45) is 0 Å². The Morgan fingerprint density at radius 1 is 0.500 bits per heavy atom. The van der Waals surface area contributed by atoms with Crippen LogP contribution in [0.3, 0.4) is 0 Å². The molecule has 0 aliphatic carbocycles. The second-order valence-electron chi connectivity index (χ2n) is 7.80. The third-order valence-electron chi connectivity index (χ3n) is 5.56. The quantitative estimate of drug-likeness (QED) is 0.196. The first-order valence-corrected chi connectivity index (χ1v) is 10.5. The second kappa shape index (κ2) is 10.00. The highest BCUT2D eigenvalue weighted by Crippen LogP contribution is 2.28. The largest absolute Gasteiger partial charge is 0.306 e. The maximum Gasteiger partial charge on any atom is 0.306 e. The van der Waals surface area contributed by atoms with Gasteiger partial charge in [-0.25, -0.2) is 17.6 Å². The van der Waals surface area contributed by atoms with E-state index in [9.17, 15) is 26.3 Å². The smallest absolute Gasteiger partial charge is 0.204 e. The molecule has 0 unspecified atom stereocenters. The molecule has 4 aromatic carbocycles. The van der Waals surface area contributed by atoms with Gasteiger partial charge >= 0.3 is 6.08 Å². The molecular weight excluding hydrogens is 450 g/mol. The Morgan fingerprint density at radius 2 is 0.882 bits per heavy atom. The highest BCUT2D eigenvalue weighted by Gasteiger charge is 2.12.